The van der Waals surface area contributed by atoms with Gasteiger partial charge in [0, 0.05) is 17.6 Å². The lowest BCUT2D eigenvalue weighted by atomic mass is 10.1. The number of fused-ring (bicyclic) bond motifs is 1. The lowest BCUT2D eigenvalue weighted by Gasteiger charge is -2.09. The normalized spacial score (nSPS) is 11.8. The van der Waals surface area contributed by atoms with E-state index in [0.29, 0.717) is 5.56 Å². The predicted octanol–water partition coefficient (Wildman–Crippen LogP) is 2.93. The first-order chi connectivity index (χ1) is 11.8. The minimum Gasteiger partial charge on any atom is -0.322 e. The number of hydrogen-bond donors (Lipinski definition) is 2. The molecule has 0 amide bonds. The number of rotatable bonds is 4. The Morgan fingerprint density at radius 3 is 2.44 bits per heavy atom. The van der Waals surface area contributed by atoms with Crippen LogP contribution in [0.25, 0.3) is 10.9 Å². The second kappa shape index (κ2) is 6.46. The van der Waals surface area contributed by atoms with E-state index in [-0.39, 0.29) is 17.0 Å². The van der Waals surface area contributed by atoms with E-state index in [1.165, 1.54) is 0 Å². The van der Waals surface area contributed by atoms with E-state index >= 15 is 0 Å². The third-order valence-electron chi connectivity index (χ3n) is 4.32. The van der Waals surface area contributed by atoms with Crippen molar-refractivity contribution in [3.8, 4) is 0 Å². The largest absolute Gasteiger partial charge is 0.322 e. The van der Waals surface area contributed by atoms with Gasteiger partial charge in [-0.25, -0.2) is 13.1 Å². The van der Waals surface area contributed by atoms with Crippen molar-refractivity contribution in [3.63, 3.8) is 0 Å². The second-order valence-electron chi connectivity index (χ2n) is 6.29. The maximum Gasteiger partial charge on any atom is 0.252 e. The van der Waals surface area contributed by atoms with Crippen molar-refractivity contribution in [2.24, 2.45) is 0 Å². The average molecular weight is 356 g/mol. The smallest absolute Gasteiger partial charge is 0.252 e. The van der Waals surface area contributed by atoms with Crippen LogP contribution in [0, 0.1) is 20.8 Å². The lowest BCUT2D eigenvalue weighted by Crippen LogP contribution is -2.27. The van der Waals surface area contributed by atoms with Crippen LogP contribution >= 0.6 is 0 Å². The number of benzene rings is 2. The van der Waals surface area contributed by atoms with Gasteiger partial charge in [-0.3, -0.25) is 4.79 Å². The first kappa shape index (κ1) is 17.4. The zero-order valence-corrected chi connectivity index (χ0v) is 15.2. The van der Waals surface area contributed by atoms with Crippen molar-refractivity contribution in [1.82, 2.24) is 9.71 Å². The van der Waals surface area contributed by atoms with Gasteiger partial charge in [0.05, 0.1) is 4.90 Å². The van der Waals surface area contributed by atoms with Crippen LogP contribution in [0.5, 0.6) is 0 Å². The molecule has 25 heavy (non-hydrogen) atoms. The summed E-state index contributed by atoms with van der Waals surface area (Å²) in [4.78, 5) is 15.2. The number of aryl methyl sites for hydroxylation is 3. The minimum atomic E-state index is -3.68. The van der Waals surface area contributed by atoms with Crippen LogP contribution in [-0.2, 0) is 16.6 Å². The van der Waals surface area contributed by atoms with E-state index < -0.39 is 10.0 Å². The Kier molecular flexibility index (Phi) is 4.49. The number of hydrogen-bond acceptors (Lipinski definition) is 3. The Morgan fingerprint density at radius 2 is 1.72 bits per heavy atom. The van der Waals surface area contributed by atoms with Crippen molar-refractivity contribution in [3.05, 3.63) is 75.1 Å². The fourth-order valence-corrected chi connectivity index (χ4v) is 3.73. The summed E-state index contributed by atoms with van der Waals surface area (Å²) in [7, 11) is -3.68. The van der Waals surface area contributed by atoms with E-state index in [4.69, 9.17) is 0 Å². The average Bonchev–Trinajstić information content (AvgIpc) is 2.55. The summed E-state index contributed by atoms with van der Waals surface area (Å²) in [6, 6.07) is 12.4. The summed E-state index contributed by atoms with van der Waals surface area (Å²) in [6.45, 7) is 5.70. The molecule has 0 saturated heterocycles. The van der Waals surface area contributed by atoms with Gasteiger partial charge in [0.15, 0.2) is 0 Å². The molecule has 0 aliphatic carbocycles. The molecule has 0 aliphatic heterocycles. The molecule has 130 valence electrons. The molecule has 2 aromatic carbocycles. The van der Waals surface area contributed by atoms with Crippen LogP contribution in [0.2, 0.25) is 0 Å². The Labute approximate surface area is 146 Å². The van der Waals surface area contributed by atoms with Crippen LogP contribution in [0.3, 0.4) is 0 Å². The summed E-state index contributed by atoms with van der Waals surface area (Å²) in [6.07, 6.45) is 0. The van der Waals surface area contributed by atoms with Gasteiger partial charge in [0.25, 0.3) is 5.56 Å². The summed E-state index contributed by atoms with van der Waals surface area (Å²) < 4.78 is 27.5. The summed E-state index contributed by atoms with van der Waals surface area (Å²) in [5.74, 6) is 0. The quantitative estimate of drug-likeness (QED) is 0.754. The number of H-pyrrole nitrogens is 1. The Balaban J connectivity index is 1.89. The van der Waals surface area contributed by atoms with Gasteiger partial charge >= 0.3 is 0 Å². The molecule has 5 nitrogen and oxygen atoms in total. The Hall–Kier alpha value is -2.44. The van der Waals surface area contributed by atoms with E-state index in [2.05, 4.69) is 9.71 Å². The molecule has 0 aliphatic rings. The third kappa shape index (κ3) is 3.65. The van der Waals surface area contributed by atoms with Crippen molar-refractivity contribution >= 4 is 20.9 Å². The van der Waals surface area contributed by atoms with Gasteiger partial charge in [-0.05, 0) is 67.6 Å². The molecule has 6 heteroatoms. The standard InChI is InChI=1S/C19H20N2O3S/c1-12-4-7-18-15(8-12)10-16(19(22)21-18)11-20-25(23,24)17-6-5-13(2)14(3)9-17/h4-10,20H,11H2,1-3H3,(H,21,22). The Morgan fingerprint density at radius 1 is 0.960 bits per heavy atom. The van der Waals surface area contributed by atoms with Gasteiger partial charge in [0.1, 0.15) is 0 Å². The molecule has 0 fully saturated rings. The van der Waals surface area contributed by atoms with E-state index in [9.17, 15) is 13.2 Å². The summed E-state index contributed by atoms with van der Waals surface area (Å²) in [5.41, 5.74) is 3.82. The highest BCUT2D eigenvalue weighted by atomic mass is 32.2. The molecule has 0 radical (unpaired) electrons. The number of aromatic amines is 1. The molecule has 2 N–H and O–H groups in total. The molecular weight excluding hydrogens is 336 g/mol. The fraction of sp³-hybridized carbons (Fsp3) is 0.211. The van der Waals surface area contributed by atoms with Gasteiger partial charge < -0.3 is 4.98 Å². The zero-order valence-electron chi connectivity index (χ0n) is 14.4. The number of sulfonamides is 1. The number of nitrogens with one attached hydrogen (secondary N) is 2. The van der Waals surface area contributed by atoms with Crippen LogP contribution < -0.4 is 10.3 Å². The van der Waals surface area contributed by atoms with Crippen molar-refractivity contribution < 1.29 is 8.42 Å². The molecule has 0 atom stereocenters. The second-order valence-corrected chi connectivity index (χ2v) is 8.05. The van der Waals surface area contributed by atoms with Crippen molar-refractivity contribution in [1.29, 1.82) is 0 Å². The zero-order chi connectivity index (χ0) is 18.2. The van der Waals surface area contributed by atoms with Crippen LogP contribution in [0.15, 0.2) is 52.2 Å². The van der Waals surface area contributed by atoms with Crippen LogP contribution in [-0.4, -0.2) is 13.4 Å². The lowest BCUT2D eigenvalue weighted by molar-refractivity contribution is 0.581. The SMILES string of the molecule is Cc1ccc2[nH]c(=O)c(CNS(=O)(=O)c3ccc(C)c(C)c3)cc2c1. The molecule has 0 saturated carbocycles. The van der Waals surface area contributed by atoms with E-state index in [0.717, 1.165) is 27.6 Å². The maximum absolute atomic E-state index is 12.5. The molecule has 1 heterocycles. The third-order valence-corrected chi connectivity index (χ3v) is 5.72. The molecule has 0 unspecified atom stereocenters. The molecular formula is C19H20N2O3S. The van der Waals surface area contributed by atoms with Gasteiger partial charge in [-0.15, -0.1) is 0 Å². The fourth-order valence-electron chi connectivity index (χ4n) is 2.64. The first-order valence-electron chi connectivity index (χ1n) is 7.96. The molecule has 1 aromatic heterocycles. The van der Waals surface area contributed by atoms with Crippen LogP contribution in [0.4, 0.5) is 0 Å². The van der Waals surface area contributed by atoms with E-state index in [1.807, 2.05) is 39.0 Å². The van der Waals surface area contributed by atoms with Gasteiger partial charge in [0.2, 0.25) is 10.0 Å². The van der Waals surface area contributed by atoms with Crippen molar-refractivity contribution in [2.45, 2.75) is 32.2 Å². The number of pyridine rings is 1. The topological polar surface area (TPSA) is 79.0 Å². The molecule has 0 bridgehead atoms. The molecule has 3 aromatic rings. The highest BCUT2D eigenvalue weighted by Crippen LogP contribution is 2.16. The summed E-state index contributed by atoms with van der Waals surface area (Å²) >= 11 is 0. The highest BCUT2D eigenvalue weighted by molar-refractivity contribution is 7.89. The number of aromatic nitrogens is 1. The molecule has 0 spiro atoms. The van der Waals surface area contributed by atoms with E-state index in [1.54, 1.807) is 24.3 Å². The maximum atomic E-state index is 12.5. The molecule has 3 rings (SSSR count). The minimum absolute atomic E-state index is 0.0610. The van der Waals surface area contributed by atoms with Gasteiger partial charge in [-0.1, -0.05) is 17.7 Å². The first-order valence-corrected chi connectivity index (χ1v) is 9.44. The highest BCUT2D eigenvalue weighted by Gasteiger charge is 2.15. The monoisotopic (exact) mass is 356 g/mol. The Bertz CT molecular complexity index is 1120. The predicted molar refractivity (Wildman–Crippen MR) is 99.2 cm³/mol. The van der Waals surface area contributed by atoms with Crippen LogP contribution in [0.1, 0.15) is 22.3 Å². The van der Waals surface area contributed by atoms with Crippen molar-refractivity contribution in [2.75, 3.05) is 0 Å². The summed E-state index contributed by atoms with van der Waals surface area (Å²) in [5, 5.41) is 0.875. The van der Waals surface area contributed by atoms with Gasteiger partial charge in [-0.2, -0.15) is 0 Å².